The Bertz CT molecular complexity index is 960. The van der Waals surface area contributed by atoms with Crippen molar-refractivity contribution in [2.45, 2.75) is 49.3 Å². The van der Waals surface area contributed by atoms with Crippen LogP contribution in [0.25, 0.3) is 5.69 Å². The van der Waals surface area contributed by atoms with Gasteiger partial charge in [-0.15, -0.1) is 0 Å². The molecule has 1 aromatic carbocycles. The van der Waals surface area contributed by atoms with Gasteiger partial charge in [-0.25, -0.2) is 13.8 Å². The molecule has 2 unspecified atom stereocenters. The Kier molecular flexibility index (Phi) is 5.52. The van der Waals surface area contributed by atoms with Crippen molar-refractivity contribution in [1.82, 2.24) is 19.8 Å². The zero-order chi connectivity index (χ0) is 20.7. The van der Waals surface area contributed by atoms with Crippen LogP contribution >= 0.6 is 0 Å². The van der Waals surface area contributed by atoms with E-state index >= 15 is 0 Å². The summed E-state index contributed by atoms with van der Waals surface area (Å²) in [7, 11) is -1.29. The predicted molar refractivity (Wildman–Crippen MR) is 106 cm³/mol. The Morgan fingerprint density at radius 3 is 2.72 bits per heavy atom. The minimum absolute atomic E-state index is 0.0462. The molecule has 29 heavy (non-hydrogen) atoms. The number of imidazole rings is 1. The highest BCUT2D eigenvalue weighted by Crippen LogP contribution is 2.33. The normalized spacial score (nSPS) is 23.0. The monoisotopic (exact) mass is 422 g/mol. The smallest absolute Gasteiger partial charge is 0.274 e. The first kappa shape index (κ1) is 20.2. The summed E-state index contributed by atoms with van der Waals surface area (Å²) in [4.78, 5) is 19.6. The van der Waals surface area contributed by atoms with Crippen molar-refractivity contribution < 1.29 is 17.8 Å². The molecule has 0 spiro atoms. The van der Waals surface area contributed by atoms with Gasteiger partial charge in [-0.1, -0.05) is 0 Å². The van der Waals surface area contributed by atoms with Gasteiger partial charge in [0.05, 0.1) is 11.7 Å². The summed E-state index contributed by atoms with van der Waals surface area (Å²) in [6, 6.07) is 3.93. The molecule has 1 N–H and O–H groups in total. The van der Waals surface area contributed by atoms with Crippen LogP contribution in [-0.4, -0.2) is 62.2 Å². The van der Waals surface area contributed by atoms with Crippen LogP contribution in [0.15, 0.2) is 29.3 Å². The molecule has 4 rings (SSSR count). The molecule has 1 saturated heterocycles. The molecule has 1 aliphatic heterocycles. The van der Waals surface area contributed by atoms with Gasteiger partial charge < -0.3 is 14.8 Å². The first-order valence-electron chi connectivity index (χ1n) is 9.73. The number of benzene rings is 1. The molecule has 9 heteroatoms. The summed E-state index contributed by atoms with van der Waals surface area (Å²) < 4.78 is 42.2. The molecular weight excluding hydrogens is 398 g/mol. The lowest BCUT2D eigenvalue weighted by Gasteiger charge is -2.36. The van der Waals surface area contributed by atoms with Crippen molar-refractivity contribution in [2.24, 2.45) is 0 Å². The van der Waals surface area contributed by atoms with Crippen LogP contribution in [0.1, 0.15) is 35.6 Å². The third kappa shape index (κ3) is 3.98. The summed E-state index contributed by atoms with van der Waals surface area (Å²) in [5.41, 5.74) is 0.411. The second kappa shape index (κ2) is 7.95. The molecule has 1 amide bonds. The zero-order valence-corrected chi connectivity index (χ0v) is 17.2. The minimum atomic E-state index is -1.29. The van der Waals surface area contributed by atoms with E-state index < -0.39 is 28.8 Å². The van der Waals surface area contributed by atoms with Crippen molar-refractivity contribution in [3.05, 3.63) is 41.7 Å². The number of nitrogens with zero attached hydrogens (tertiary/aromatic N) is 3. The van der Waals surface area contributed by atoms with Crippen molar-refractivity contribution in [3.8, 4) is 5.69 Å². The van der Waals surface area contributed by atoms with Crippen LogP contribution < -0.4 is 5.32 Å². The van der Waals surface area contributed by atoms with Gasteiger partial charge in [0.1, 0.15) is 23.5 Å². The first-order chi connectivity index (χ1) is 13.9. The lowest BCUT2D eigenvalue weighted by atomic mass is 10.0. The van der Waals surface area contributed by atoms with Gasteiger partial charge in [0, 0.05) is 40.7 Å². The fourth-order valence-electron chi connectivity index (χ4n) is 3.87. The highest BCUT2D eigenvalue weighted by Gasteiger charge is 2.42. The number of aryl methyl sites for hydroxylation is 1. The van der Waals surface area contributed by atoms with Gasteiger partial charge in [0.25, 0.3) is 5.91 Å². The Hall–Kier alpha value is -2.13. The van der Waals surface area contributed by atoms with Gasteiger partial charge in [-0.3, -0.25) is 9.00 Å². The number of carbonyl (C=O) groups is 1. The van der Waals surface area contributed by atoms with Crippen molar-refractivity contribution in [3.63, 3.8) is 0 Å². The van der Waals surface area contributed by atoms with Crippen LogP contribution in [0.4, 0.5) is 8.78 Å². The third-order valence-corrected chi connectivity index (χ3v) is 6.44. The maximum absolute atomic E-state index is 14.6. The predicted octanol–water partition coefficient (Wildman–Crippen LogP) is 2.36. The average Bonchev–Trinajstić information content (AvgIpc) is 3.44. The number of aromatic nitrogens is 2. The molecule has 6 nitrogen and oxygen atoms in total. The van der Waals surface area contributed by atoms with Crippen molar-refractivity contribution in [1.29, 1.82) is 0 Å². The lowest BCUT2D eigenvalue weighted by molar-refractivity contribution is 0.0458. The summed E-state index contributed by atoms with van der Waals surface area (Å²) in [5, 5.41) is 3.01. The summed E-state index contributed by atoms with van der Waals surface area (Å²) >= 11 is 0. The van der Waals surface area contributed by atoms with E-state index in [4.69, 9.17) is 0 Å². The van der Waals surface area contributed by atoms with Crippen molar-refractivity contribution >= 4 is 16.7 Å². The molecule has 2 aromatic rings. The highest BCUT2D eigenvalue weighted by atomic mass is 32.2. The van der Waals surface area contributed by atoms with E-state index in [-0.39, 0.29) is 29.9 Å². The van der Waals surface area contributed by atoms with E-state index in [1.807, 2.05) is 0 Å². The Balaban J connectivity index is 1.64. The van der Waals surface area contributed by atoms with Crippen LogP contribution in [0.5, 0.6) is 0 Å². The molecule has 0 radical (unpaired) electrons. The number of amides is 1. The molecule has 3 atom stereocenters. The van der Waals surface area contributed by atoms with Crippen LogP contribution in [-0.2, 0) is 10.8 Å². The Labute approximate surface area is 170 Å². The molecule has 156 valence electrons. The third-order valence-electron chi connectivity index (χ3n) is 5.52. The second-order valence-corrected chi connectivity index (χ2v) is 9.01. The molecule has 1 aliphatic carbocycles. The largest absolute Gasteiger partial charge is 0.328 e. The molecule has 2 fully saturated rings. The van der Waals surface area contributed by atoms with Crippen LogP contribution in [0, 0.1) is 12.7 Å². The second-order valence-electron chi connectivity index (χ2n) is 7.63. The van der Waals surface area contributed by atoms with Crippen LogP contribution in [0.2, 0.25) is 0 Å². The highest BCUT2D eigenvalue weighted by molar-refractivity contribution is 7.84. The van der Waals surface area contributed by atoms with Crippen molar-refractivity contribution in [2.75, 3.05) is 19.3 Å². The summed E-state index contributed by atoms with van der Waals surface area (Å²) in [6.45, 7) is 2.60. The van der Waals surface area contributed by atoms with E-state index in [0.717, 1.165) is 12.8 Å². The van der Waals surface area contributed by atoms with Gasteiger partial charge in [0.2, 0.25) is 0 Å². The number of nitrogens with one attached hydrogen (secondary N) is 1. The zero-order valence-electron chi connectivity index (χ0n) is 16.4. The van der Waals surface area contributed by atoms with Gasteiger partial charge in [-0.05, 0) is 50.9 Å². The van der Waals surface area contributed by atoms with Gasteiger partial charge in [0.15, 0.2) is 0 Å². The van der Waals surface area contributed by atoms with Gasteiger partial charge in [-0.2, -0.15) is 0 Å². The maximum Gasteiger partial charge on any atom is 0.274 e. The Morgan fingerprint density at radius 2 is 2.10 bits per heavy atom. The first-order valence-corrected chi connectivity index (χ1v) is 11.3. The molecule has 2 aliphatic rings. The minimum Gasteiger partial charge on any atom is -0.328 e. The number of alkyl halides is 1. The van der Waals surface area contributed by atoms with E-state index in [1.54, 1.807) is 17.9 Å². The Morgan fingerprint density at radius 1 is 1.34 bits per heavy atom. The standard InChI is InChI=1S/C20H24F2N4O2S/c1-12-24-17(11-25(12)18-6-5-14(29(2)28)9-15(18)21)20(27)26(13-3-4-13)19-7-8-23-10-16(19)22/h5-6,9,11,13,16,19,23H,3-4,7-8,10H2,1-2H3/t16?,19-,29?/m1/s1. The van der Waals surface area contributed by atoms with E-state index in [2.05, 4.69) is 10.3 Å². The molecule has 0 bridgehead atoms. The topological polar surface area (TPSA) is 67.2 Å². The van der Waals surface area contributed by atoms with Crippen LogP contribution in [0.3, 0.4) is 0 Å². The fraction of sp³-hybridized carbons (Fsp3) is 0.500. The maximum atomic E-state index is 14.6. The van der Waals surface area contributed by atoms with E-state index in [0.29, 0.717) is 23.7 Å². The average molecular weight is 423 g/mol. The number of rotatable bonds is 5. The lowest BCUT2D eigenvalue weighted by Crippen LogP contribution is -2.54. The number of hydrogen-bond donors (Lipinski definition) is 1. The quantitative estimate of drug-likeness (QED) is 0.803. The SMILES string of the molecule is Cc1nc(C(=O)N(C2CC2)[C@@H]2CCNCC2F)cn1-c1ccc(S(C)=O)cc1F. The number of hydrogen-bond acceptors (Lipinski definition) is 4. The number of piperidine rings is 1. The molecule has 2 heterocycles. The van der Waals surface area contributed by atoms with E-state index in [1.165, 1.54) is 29.2 Å². The molecule has 1 aromatic heterocycles. The van der Waals surface area contributed by atoms with Gasteiger partial charge >= 0.3 is 0 Å². The van der Waals surface area contributed by atoms with E-state index in [9.17, 15) is 17.8 Å². The summed E-state index contributed by atoms with van der Waals surface area (Å²) in [5.74, 6) is -0.399. The number of carbonyl (C=O) groups excluding carboxylic acids is 1. The fourth-order valence-corrected chi connectivity index (χ4v) is 4.40. The molecular formula is C20H24F2N4O2S. The number of halogens is 2. The summed E-state index contributed by atoms with van der Waals surface area (Å²) in [6.07, 6.45) is 4.17. The molecule has 1 saturated carbocycles.